The van der Waals surface area contributed by atoms with E-state index in [9.17, 15) is 20.2 Å². The Morgan fingerprint density at radius 2 is 1.81 bits per heavy atom. The van der Waals surface area contributed by atoms with Gasteiger partial charge in [0.15, 0.2) is 0 Å². The first-order chi connectivity index (χ1) is 7.54. The molecule has 7 nitrogen and oxygen atoms in total. The second-order valence-electron chi connectivity index (χ2n) is 3.07. The fourth-order valence-electron chi connectivity index (χ4n) is 1.29. The van der Waals surface area contributed by atoms with Gasteiger partial charge in [-0.1, -0.05) is 6.92 Å². The molecule has 0 aliphatic carbocycles. The zero-order chi connectivity index (χ0) is 12.1. The molecule has 1 aromatic rings. The van der Waals surface area contributed by atoms with Crippen molar-refractivity contribution >= 4 is 5.69 Å². The van der Waals surface area contributed by atoms with Gasteiger partial charge in [0.2, 0.25) is 0 Å². The molecule has 1 rings (SSSR count). The van der Waals surface area contributed by atoms with E-state index in [0.717, 1.165) is 0 Å². The molecule has 16 heavy (non-hydrogen) atoms. The first kappa shape index (κ1) is 11.9. The van der Waals surface area contributed by atoms with Gasteiger partial charge in [-0.15, -0.1) is 10.1 Å². The molecule has 86 valence electrons. The Kier molecular flexibility index (Phi) is 3.76. The molecular formula is C9H10N2O5. The SMILES string of the molecule is CCC(O[N+](=O)[O-])c1ccc([N+](=O)[O-])cc1. The number of benzene rings is 1. The molecule has 0 amide bonds. The van der Waals surface area contributed by atoms with E-state index >= 15 is 0 Å². The van der Waals surface area contributed by atoms with Gasteiger partial charge in [-0.3, -0.25) is 10.1 Å². The molecule has 0 aliphatic heterocycles. The van der Waals surface area contributed by atoms with Gasteiger partial charge in [0.25, 0.3) is 10.8 Å². The summed E-state index contributed by atoms with van der Waals surface area (Å²) in [6.07, 6.45) is -0.269. The molecule has 0 heterocycles. The molecule has 1 unspecified atom stereocenters. The highest BCUT2D eigenvalue weighted by Crippen LogP contribution is 2.23. The molecule has 0 aliphatic rings. The average Bonchev–Trinajstić information content (AvgIpc) is 2.25. The van der Waals surface area contributed by atoms with Crippen molar-refractivity contribution in [1.29, 1.82) is 0 Å². The van der Waals surface area contributed by atoms with Crippen LogP contribution in [0.5, 0.6) is 0 Å². The summed E-state index contributed by atoms with van der Waals surface area (Å²) >= 11 is 0. The van der Waals surface area contributed by atoms with Crippen LogP contribution in [0.25, 0.3) is 0 Å². The summed E-state index contributed by atoms with van der Waals surface area (Å²) in [5, 5.41) is 19.7. The fourth-order valence-corrected chi connectivity index (χ4v) is 1.29. The quantitative estimate of drug-likeness (QED) is 0.566. The zero-order valence-corrected chi connectivity index (χ0v) is 8.53. The molecule has 7 heteroatoms. The van der Waals surface area contributed by atoms with Gasteiger partial charge >= 0.3 is 0 Å². The Morgan fingerprint density at radius 3 is 2.19 bits per heavy atom. The van der Waals surface area contributed by atoms with Gasteiger partial charge in [-0.2, -0.15) is 0 Å². The third kappa shape index (κ3) is 2.91. The monoisotopic (exact) mass is 226 g/mol. The normalized spacial score (nSPS) is 11.8. The summed E-state index contributed by atoms with van der Waals surface area (Å²) in [6.45, 7) is 1.73. The summed E-state index contributed by atoms with van der Waals surface area (Å²) in [6, 6.07) is 5.49. The smallest absolute Gasteiger partial charge is 0.295 e. The molecular weight excluding hydrogens is 216 g/mol. The highest BCUT2D eigenvalue weighted by atomic mass is 17.0. The standard InChI is InChI=1S/C9H10N2O5/c1-2-9(16-11(14)15)7-3-5-8(6-4-7)10(12)13/h3-6,9H,2H2,1H3. The lowest BCUT2D eigenvalue weighted by Gasteiger charge is -2.12. The highest BCUT2D eigenvalue weighted by Gasteiger charge is 2.14. The van der Waals surface area contributed by atoms with Crippen molar-refractivity contribution in [3.05, 3.63) is 50.1 Å². The summed E-state index contributed by atoms with van der Waals surface area (Å²) in [4.78, 5) is 24.5. The first-order valence-electron chi connectivity index (χ1n) is 4.60. The summed E-state index contributed by atoms with van der Waals surface area (Å²) in [7, 11) is 0. The minimum absolute atomic E-state index is 0.0558. The molecule has 0 aromatic heterocycles. The number of nitro benzene ring substituents is 1. The van der Waals surface area contributed by atoms with E-state index in [1.165, 1.54) is 24.3 Å². The maximum atomic E-state index is 10.4. The molecule has 0 N–H and O–H groups in total. The van der Waals surface area contributed by atoms with E-state index in [1.54, 1.807) is 6.92 Å². The Labute approximate surface area is 90.9 Å². The van der Waals surface area contributed by atoms with Crippen LogP contribution in [0.3, 0.4) is 0 Å². The number of nitro groups is 1. The van der Waals surface area contributed by atoms with E-state index < -0.39 is 16.1 Å². The Balaban J connectivity index is 2.86. The fraction of sp³-hybridized carbons (Fsp3) is 0.333. The van der Waals surface area contributed by atoms with Crippen molar-refractivity contribution in [2.75, 3.05) is 0 Å². The van der Waals surface area contributed by atoms with Crippen molar-refractivity contribution in [3.63, 3.8) is 0 Å². The number of nitrogens with zero attached hydrogens (tertiary/aromatic N) is 2. The van der Waals surface area contributed by atoms with Gasteiger partial charge in [0.1, 0.15) is 6.10 Å². The van der Waals surface area contributed by atoms with Crippen LogP contribution >= 0.6 is 0 Å². The predicted octanol–water partition coefficient (Wildman–Crippen LogP) is 2.25. The molecule has 0 saturated heterocycles. The van der Waals surface area contributed by atoms with Crippen LogP contribution in [0.2, 0.25) is 0 Å². The number of hydrogen-bond acceptors (Lipinski definition) is 5. The van der Waals surface area contributed by atoms with Crippen LogP contribution in [-0.4, -0.2) is 10.0 Å². The average molecular weight is 226 g/mol. The largest absolute Gasteiger partial charge is 0.306 e. The van der Waals surface area contributed by atoms with Gasteiger partial charge in [0, 0.05) is 12.1 Å². The molecule has 1 aromatic carbocycles. The van der Waals surface area contributed by atoms with Crippen molar-refractivity contribution in [1.82, 2.24) is 0 Å². The second kappa shape index (κ2) is 5.06. The van der Waals surface area contributed by atoms with Crippen LogP contribution in [0.15, 0.2) is 24.3 Å². The Bertz CT molecular complexity index is 389. The van der Waals surface area contributed by atoms with Crippen LogP contribution < -0.4 is 0 Å². The number of hydrogen-bond donors (Lipinski definition) is 0. The van der Waals surface area contributed by atoms with E-state index in [1.807, 2.05) is 0 Å². The minimum atomic E-state index is -0.865. The molecule has 0 spiro atoms. The van der Waals surface area contributed by atoms with E-state index in [2.05, 4.69) is 4.84 Å². The van der Waals surface area contributed by atoms with Crippen LogP contribution in [0.1, 0.15) is 25.0 Å². The third-order valence-corrected chi connectivity index (χ3v) is 2.06. The van der Waals surface area contributed by atoms with E-state index in [4.69, 9.17) is 0 Å². The van der Waals surface area contributed by atoms with Crippen molar-refractivity contribution < 1.29 is 14.8 Å². The summed E-state index contributed by atoms with van der Waals surface area (Å²) < 4.78 is 0. The highest BCUT2D eigenvalue weighted by molar-refractivity contribution is 5.33. The first-order valence-corrected chi connectivity index (χ1v) is 4.60. The van der Waals surface area contributed by atoms with Crippen LogP contribution in [0, 0.1) is 20.2 Å². The lowest BCUT2D eigenvalue weighted by molar-refractivity contribution is -0.771. The van der Waals surface area contributed by atoms with Crippen LogP contribution in [-0.2, 0) is 4.84 Å². The van der Waals surface area contributed by atoms with Crippen molar-refractivity contribution in [2.45, 2.75) is 19.4 Å². The van der Waals surface area contributed by atoms with Crippen LogP contribution in [0.4, 0.5) is 5.69 Å². The van der Waals surface area contributed by atoms with Gasteiger partial charge in [0.05, 0.1) is 4.92 Å². The summed E-state index contributed by atoms with van der Waals surface area (Å²) in [5.41, 5.74) is 0.490. The Morgan fingerprint density at radius 1 is 1.25 bits per heavy atom. The Hall–Kier alpha value is -2.18. The lowest BCUT2D eigenvalue weighted by Crippen LogP contribution is -2.08. The third-order valence-electron chi connectivity index (χ3n) is 2.06. The van der Waals surface area contributed by atoms with E-state index in [0.29, 0.717) is 12.0 Å². The van der Waals surface area contributed by atoms with Crippen molar-refractivity contribution in [2.24, 2.45) is 0 Å². The molecule has 1 atom stereocenters. The van der Waals surface area contributed by atoms with Gasteiger partial charge < -0.3 is 4.84 Å². The second-order valence-corrected chi connectivity index (χ2v) is 3.07. The van der Waals surface area contributed by atoms with Crippen molar-refractivity contribution in [3.8, 4) is 0 Å². The predicted molar refractivity (Wildman–Crippen MR) is 54.2 cm³/mol. The molecule has 0 fully saturated rings. The summed E-state index contributed by atoms with van der Waals surface area (Å²) in [5.74, 6) is 0. The van der Waals surface area contributed by atoms with Gasteiger partial charge in [-0.05, 0) is 24.1 Å². The molecule has 0 saturated carbocycles. The minimum Gasteiger partial charge on any atom is -0.306 e. The lowest BCUT2D eigenvalue weighted by atomic mass is 10.1. The molecule has 0 bridgehead atoms. The topological polar surface area (TPSA) is 95.5 Å². The maximum Gasteiger partial charge on any atom is 0.295 e. The number of rotatable bonds is 5. The molecule has 0 radical (unpaired) electrons. The van der Waals surface area contributed by atoms with Gasteiger partial charge in [-0.25, -0.2) is 0 Å². The van der Waals surface area contributed by atoms with E-state index in [-0.39, 0.29) is 5.69 Å². The number of non-ortho nitro benzene ring substituents is 1. The maximum absolute atomic E-state index is 10.4. The zero-order valence-electron chi connectivity index (χ0n) is 8.53.